The van der Waals surface area contributed by atoms with Gasteiger partial charge in [-0.2, -0.15) is 0 Å². The monoisotopic (exact) mass is 423 g/mol. The summed E-state index contributed by atoms with van der Waals surface area (Å²) >= 11 is 0. The van der Waals surface area contributed by atoms with E-state index in [1.54, 1.807) is 12.3 Å². The smallest absolute Gasteiger partial charge is 0.167 e. The highest BCUT2D eigenvalue weighted by molar-refractivity contribution is 6.26. The van der Waals surface area contributed by atoms with Gasteiger partial charge in [-0.15, -0.1) is 0 Å². The summed E-state index contributed by atoms with van der Waals surface area (Å²) in [6.45, 7) is 2.97. The van der Waals surface area contributed by atoms with Crippen LogP contribution in [0.25, 0.3) is 22.8 Å². The SMILES string of the molecule is Cc1c(-c2cc(F)c3c(c2)/C(=C/C2=Cc4cnccc4C2)C(=O)C3)cnc2c1NCCC2. The van der Waals surface area contributed by atoms with Crippen LogP contribution in [-0.4, -0.2) is 22.3 Å². The van der Waals surface area contributed by atoms with Gasteiger partial charge in [0.05, 0.1) is 11.4 Å². The van der Waals surface area contributed by atoms with E-state index in [-0.39, 0.29) is 18.0 Å². The van der Waals surface area contributed by atoms with Crippen LogP contribution in [0.2, 0.25) is 0 Å². The summed E-state index contributed by atoms with van der Waals surface area (Å²) in [6, 6.07) is 5.50. The molecular weight excluding hydrogens is 401 g/mol. The number of halogens is 1. The van der Waals surface area contributed by atoms with E-state index in [4.69, 9.17) is 0 Å². The number of hydrogen-bond acceptors (Lipinski definition) is 4. The van der Waals surface area contributed by atoms with Crippen molar-refractivity contribution in [3.8, 4) is 11.1 Å². The largest absolute Gasteiger partial charge is 0.383 e. The standard InChI is InChI=1S/C27H22FN3O/c1-15-23(14-31-25-3-2-5-30-27(15)25)18-10-20-21(24(28)11-18)12-26(32)22(20)9-16-7-17-4-6-29-13-19(17)8-16/h4,6,8-11,13-14,30H,2-3,5,7,12H2,1H3/b22-9-. The van der Waals surface area contributed by atoms with Gasteiger partial charge in [-0.25, -0.2) is 4.39 Å². The lowest BCUT2D eigenvalue weighted by Crippen LogP contribution is -2.14. The summed E-state index contributed by atoms with van der Waals surface area (Å²) in [4.78, 5) is 21.7. The highest BCUT2D eigenvalue weighted by Crippen LogP contribution is 2.39. The molecule has 1 aliphatic heterocycles. The van der Waals surface area contributed by atoms with Crippen molar-refractivity contribution in [2.24, 2.45) is 0 Å². The molecule has 32 heavy (non-hydrogen) atoms. The third-order valence-electron chi connectivity index (χ3n) is 6.76. The van der Waals surface area contributed by atoms with Crippen LogP contribution in [0.1, 0.15) is 39.9 Å². The van der Waals surface area contributed by atoms with Gasteiger partial charge >= 0.3 is 0 Å². The number of carbonyl (C=O) groups excluding carboxylic acids is 1. The van der Waals surface area contributed by atoms with Crippen LogP contribution in [0.3, 0.4) is 0 Å². The van der Waals surface area contributed by atoms with Gasteiger partial charge < -0.3 is 5.32 Å². The predicted octanol–water partition coefficient (Wildman–Crippen LogP) is 5.10. The number of allylic oxidation sites excluding steroid dienone is 3. The Morgan fingerprint density at radius 1 is 1.16 bits per heavy atom. The molecule has 4 nitrogen and oxygen atoms in total. The normalized spacial score (nSPS) is 17.6. The van der Waals surface area contributed by atoms with Crippen molar-refractivity contribution in [1.29, 1.82) is 0 Å². The summed E-state index contributed by atoms with van der Waals surface area (Å²) in [7, 11) is 0. The van der Waals surface area contributed by atoms with Gasteiger partial charge in [0.1, 0.15) is 5.82 Å². The highest BCUT2D eigenvalue weighted by atomic mass is 19.1. The molecular formula is C27H22FN3O. The zero-order valence-corrected chi connectivity index (χ0v) is 17.8. The van der Waals surface area contributed by atoms with Gasteiger partial charge in [0.25, 0.3) is 0 Å². The van der Waals surface area contributed by atoms with E-state index in [0.717, 1.165) is 65.0 Å². The maximum absolute atomic E-state index is 15.1. The lowest BCUT2D eigenvalue weighted by Gasteiger charge is -2.21. The van der Waals surface area contributed by atoms with Crippen LogP contribution in [0.15, 0.2) is 48.4 Å². The Kier molecular flexibility index (Phi) is 4.32. The molecule has 3 aliphatic rings. The fourth-order valence-electron chi connectivity index (χ4n) is 5.09. The van der Waals surface area contributed by atoms with Gasteiger partial charge in [0, 0.05) is 48.3 Å². The molecule has 0 radical (unpaired) electrons. The summed E-state index contributed by atoms with van der Waals surface area (Å²) in [6.07, 6.45) is 12.3. The van der Waals surface area contributed by atoms with E-state index in [9.17, 15) is 4.79 Å². The Balaban J connectivity index is 1.44. The van der Waals surface area contributed by atoms with Crippen LogP contribution in [0, 0.1) is 12.7 Å². The quantitative estimate of drug-likeness (QED) is 0.583. The van der Waals surface area contributed by atoms with Crippen LogP contribution >= 0.6 is 0 Å². The third-order valence-corrected chi connectivity index (χ3v) is 6.76. The fourth-order valence-corrected chi connectivity index (χ4v) is 5.09. The molecule has 3 heterocycles. The van der Waals surface area contributed by atoms with Crippen molar-refractivity contribution < 1.29 is 9.18 Å². The average molecular weight is 423 g/mol. The van der Waals surface area contributed by atoms with Crippen LogP contribution in [0.4, 0.5) is 10.1 Å². The zero-order valence-electron chi connectivity index (χ0n) is 17.8. The van der Waals surface area contributed by atoms with Crippen LogP contribution in [-0.2, 0) is 24.1 Å². The second-order valence-electron chi connectivity index (χ2n) is 8.76. The van der Waals surface area contributed by atoms with Crippen molar-refractivity contribution in [1.82, 2.24) is 9.97 Å². The first kappa shape index (κ1) is 19.1. The van der Waals surface area contributed by atoms with Gasteiger partial charge in [0.2, 0.25) is 0 Å². The molecule has 1 N–H and O–H groups in total. The van der Waals surface area contributed by atoms with Crippen LogP contribution < -0.4 is 5.32 Å². The van der Waals surface area contributed by atoms with Gasteiger partial charge in [0.15, 0.2) is 5.78 Å². The minimum Gasteiger partial charge on any atom is -0.383 e. The second kappa shape index (κ2) is 7.23. The second-order valence-corrected chi connectivity index (χ2v) is 8.76. The number of carbonyl (C=O) groups is 1. The van der Waals surface area contributed by atoms with E-state index in [0.29, 0.717) is 16.7 Å². The molecule has 0 saturated heterocycles. The average Bonchev–Trinajstić information content (AvgIpc) is 3.35. The molecule has 3 aromatic rings. The van der Waals surface area contributed by atoms with Crippen molar-refractivity contribution >= 4 is 23.1 Å². The molecule has 0 amide bonds. The maximum atomic E-state index is 15.1. The van der Waals surface area contributed by atoms with Crippen molar-refractivity contribution in [2.75, 3.05) is 11.9 Å². The number of fused-ring (bicyclic) bond motifs is 3. The zero-order chi connectivity index (χ0) is 21.8. The lowest BCUT2D eigenvalue weighted by atomic mass is 9.94. The predicted molar refractivity (Wildman–Crippen MR) is 124 cm³/mol. The molecule has 0 spiro atoms. The molecule has 0 atom stereocenters. The van der Waals surface area contributed by atoms with E-state index in [1.165, 1.54) is 5.56 Å². The molecule has 2 aliphatic carbocycles. The van der Waals surface area contributed by atoms with E-state index >= 15 is 4.39 Å². The molecule has 0 unspecified atom stereocenters. The van der Waals surface area contributed by atoms with Gasteiger partial charge in [-0.3, -0.25) is 14.8 Å². The topological polar surface area (TPSA) is 54.9 Å². The molecule has 158 valence electrons. The van der Waals surface area contributed by atoms with Gasteiger partial charge in [-0.05, 0) is 89.9 Å². The number of pyridine rings is 2. The Bertz CT molecular complexity index is 1370. The summed E-state index contributed by atoms with van der Waals surface area (Å²) < 4.78 is 15.1. The van der Waals surface area contributed by atoms with Crippen molar-refractivity contribution in [3.05, 3.63) is 87.8 Å². The highest BCUT2D eigenvalue weighted by Gasteiger charge is 2.29. The number of Topliss-reactive ketones (excluding diaryl/α,β-unsaturated/α-hetero) is 1. The Labute approximate surface area is 185 Å². The molecule has 2 aromatic heterocycles. The Morgan fingerprint density at radius 2 is 2.06 bits per heavy atom. The van der Waals surface area contributed by atoms with Crippen molar-refractivity contribution in [3.63, 3.8) is 0 Å². The first-order valence-corrected chi connectivity index (χ1v) is 11.0. The summed E-state index contributed by atoms with van der Waals surface area (Å²) in [5.41, 5.74) is 9.96. The van der Waals surface area contributed by atoms with E-state index in [2.05, 4.69) is 28.3 Å². The first-order valence-electron chi connectivity index (χ1n) is 11.0. The number of nitrogens with one attached hydrogen (secondary N) is 1. The molecule has 0 bridgehead atoms. The molecule has 5 heteroatoms. The minimum atomic E-state index is -0.327. The summed E-state index contributed by atoms with van der Waals surface area (Å²) in [5.74, 6) is -0.361. The van der Waals surface area contributed by atoms with E-state index < -0.39 is 0 Å². The van der Waals surface area contributed by atoms with Crippen molar-refractivity contribution in [2.45, 2.75) is 32.6 Å². The van der Waals surface area contributed by atoms with E-state index in [1.807, 2.05) is 30.6 Å². The van der Waals surface area contributed by atoms with Gasteiger partial charge in [-0.1, -0.05) is 0 Å². The lowest BCUT2D eigenvalue weighted by molar-refractivity contribution is -0.112. The number of ketones is 1. The third kappa shape index (κ3) is 3.00. The molecule has 6 rings (SSSR count). The first-order chi connectivity index (χ1) is 15.6. The summed E-state index contributed by atoms with van der Waals surface area (Å²) in [5, 5.41) is 3.45. The number of aryl methyl sites for hydroxylation is 1. The number of benzene rings is 1. The molecule has 1 aromatic carbocycles. The van der Waals surface area contributed by atoms with Crippen LogP contribution in [0.5, 0.6) is 0 Å². The Morgan fingerprint density at radius 3 is 2.94 bits per heavy atom. The number of anilines is 1. The number of aromatic nitrogens is 2. The Hall–Kier alpha value is -3.60. The minimum absolute atomic E-state index is 0.0343. The number of hydrogen-bond donors (Lipinski definition) is 1. The maximum Gasteiger partial charge on any atom is 0.167 e. The number of rotatable bonds is 2. The number of nitrogens with zero attached hydrogens (tertiary/aromatic N) is 2. The fraction of sp³-hybridized carbons (Fsp3) is 0.222. The molecule has 0 fully saturated rings. The molecule has 0 saturated carbocycles.